The van der Waals surface area contributed by atoms with Crippen molar-refractivity contribution in [3.8, 4) is 0 Å². The predicted molar refractivity (Wildman–Crippen MR) is 60.4 cm³/mol. The Hall–Kier alpha value is -1.42. The zero-order valence-electron chi connectivity index (χ0n) is 8.18. The van der Waals surface area contributed by atoms with E-state index in [1.165, 1.54) is 4.90 Å². The molecule has 1 aliphatic rings. The smallest absolute Gasteiger partial charge is 0.266 e. The molecule has 0 radical (unpaired) electrons. The lowest BCUT2D eigenvalue weighted by Gasteiger charge is -2.12. The molecule has 1 aromatic carbocycles. The van der Waals surface area contributed by atoms with Gasteiger partial charge in [0.2, 0.25) is 5.91 Å². The molecule has 1 heterocycles. The maximum Gasteiger partial charge on any atom is 0.266 e. The second-order valence-corrected chi connectivity index (χ2v) is 3.67. The van der Waals surface area contributed by atoms with E-state index in [1.54, 1.807) is 0 Å². The summed E-state index contributed by atoms with van der Waals surface area (Å²) >= 11 is 4.92. The van der Waals surface area contributed by atoms with E-state index in [-0.39, 0.29) is 5.91 Å². The summed E-state index contributed by atoms with van der Waals surface area (Å²) in [6, 6.07) is 9.62. The van der Waals surface area contributed by atoms with Crippen molar-refractivity contribution < 1.29 is 9.53 Å². The zero-order valence-corrected chi connectivity index (χ0v) is 9.00. The SMILES string of the molecule is O=C(Cc1ccccc1)N1CCOC1=S. The van der Waals surface area contributed by atoms with Crippen molar-refractivity contribution in [3.63, 3.8) is 0 Å². The van der Waals surface area contributed by atoms with Gasteiger partial charge >= 0.3 is 0 Å². The van der Waals surface area contributed by atoms with Gasteiger partial charge in [-0.1, -0.05) is 30.3 Å². The van der Waals surface area contributed by atoms with Gasteiger partial charge in [-0.15, -0.1) is 0 Å². The molecule has 0 spiro atoms. The molecule has 0 saturated carbocycles. The van der Waals surface area contributed by atoms with Gasteiger partial charge in [0.25, 0.3) is 5.17 Å². The van der Waals surface area contributed by atoms with E-state index in [2.05, 4.69) is 0 Å². The van der Waals surface area contributed by atoms with Crippen LogP contribution in [0.3, 0.4) is 0 Å². The average Bonchev–Trinajstić information content (AvgIpc) is 2.66. The number of carbonyl (C=O) groups excluding carboxylic acids is 1. The van der Waals surface area contributed by atoms with Crippen LogP contribution in [0.4, 0.5) is 0 Å². The molecule has 4 heteroatoms. The van der Waals surface area contributed by atoms with Crippen LogP contribution >= 0.6 is 12.2 Å². The van der Waals surface area contributed by atoms with Gasteiger partial charge in [-0.3, -0.25) is 9.69 Å². The van der Waals surface area contributed by atoms with Gasteiger partial charge < -0.3 is 4.74 Å². The molecular weight excluding hydrogens is 210 g/mol. The largest absolute Gasteiger partial charge is 0.469 e. The molecule has 1 saturated heterocycles. The summed E-state index contributed by atoms with van der Waals surface area (Å²) in [7, 11) is 0. The first-order chi connectivity index (χ1) is 7.27. The molecule has 0 bridgehead atoms. The van der Waals surface area contributed by atoms with Crippen LogP contribution in [-0.2, 0) is 16.0 Å². The van der Waals surface area contributed by atoms with Crippen LogP contribution in [-0.4, -0.2) is 29.1 Å². The highest BCUT2D eigenvalue weighted by Crippen LogP contribution is 2.08. The van der Waals surface area contributed by atoms with Gasteiger partial charge in [-0.05, 0) is 17.8 Å². The fourth-order valence-corrected chi connectivity index (χ4v) is 1.76. The van der Waals surface area contributed by atoms with E-state index in [9.17, 15) is 4.79 Å². The molecule has 0 atom stereocenters. The molecule has 0 unspecified atom stereocenters. The minimum absolute atomic E-state index is 0.00343. The van der Waals surface area contributed by atoms with Crippen molar-refractivity contribution in [3.05, 3.63) is 35.9 Å². The lowest BCUT2D eigenvalue weighted by Crippen LogP contribution is -2.32. The Balaban J connectivity index is 2.01. The Kier molecular flexibility index (Phi) is 2.97. The van der Waals surface area contributed by atoms with E-state index in [4.69, 9.17) is 17.0 Å². The number of hydrogen-bond donors (Lipinski definition) is 0. The van der Waals surface area contributed by atoms with Crippen molar-refractivity contribution in [1.82, 2.24) is 4.90 Å². The normalized spacial score (nSPS) is 15.2. The standard InChI is InChI=1S/C11H11NO2S/c13-10(12-6-7-14-11(12)15)8-9-4-2-1-3-5-9/h1-5H,6-8H2. The molecule has 1 aliphatic heterocycles. The monoisotopic (exact) mass is 221 g/mol. The minimum atomic E-state index is 0.00343. The maximum atomic E-state index is 11.8. The molecule has 78 valence electrons. The Labute approximate surface area is 93.6 Å². The summed E-state index contributed by atoms with van der Waals surface area (Å²) < 4.78 is 5.06. The van der Waals surface area contributed by atoms with E-state index >= 15 is 0 Å². The summed E-state index contributed by atoms with van der Waals surface area (Å²) in [5, 5.41) is 0.302. The lowest BCUT2D eigenvalue weighted by molar-refractivity contribution is -0.126. The molecule has 0 aromatic heterocycles. The molecule has 1 aromatic rings. The van der Waals surface area contributed by atoms with Crippen molar-refractivity contribution in [2.24, 2.45) is 0 Å². The van der Waals surface area contributed by atoms with Crippen LogP contribution in [0.25, 0.3) is 0 Å². The molecule has 3 nitrogen and oxygen atoms in total. The average molecular weight is 221 g/mol. The third-order valence-electron chi connectivity index (χ3n) is 2.26. The highest BCUT2D eigenvalue weighted by Gasteiger charge is 2.24. The fraction of sp³-hybridized carbons (Fsp3) is 0.273. The van der Waals surface area contributed by atoms with Gasteiger partial charge in [0.05, 0.1) is 13.0 Å². The van der Waals surface area contributed by atoms with Gasteiger partial charge in [0, 0.05) is 0 Å². The van der Waals surface area contributed by atoms with E-state index < -0.39 is 0 Å². The molecule has 1 amide bonds. The van der Waals surface area contributed by atoms with E-state index in [0.29, 0.717) is 24.7 Å². The van der Waals surface area contributed by atoms with Crippen molar-refractivity contribution in [2.75, 3.05) is 13.2 Å². The fourth-order valence-electron chi connectivity index (χ4n) is 1.49. The van der Waals surface area contributed by atoms with Crippen molar-refractivity contribution in [1.29, 1.82) is 0 Å². The Bertz CT molecular complexity index is 377. The number of ether oxygens (including phenoxy) is 1. The van der Waals surface area contributed by atoms with Crippen LogP contribution in [0.5, 0.6) is 0 Å². The number of carbonyl (C=O) groups is 1. The lowest BCUT2D eigenvalue weighted by atomic mass is 10.1. The van der Waals surface area contributed by atoms with Crippen LogP contribution in [0.15, 0.2) is 30.3 Å². The highest BCUT2D eigenvalue weighted by molar-refractivity contribution is 7.80. The summed E-state index contributed by atoms with van der Waals surface area (Å²) in [5.41, 5.74) is 0.997. The molecule has 15 heavy (non-hydrogen) atoms. The van der Waals surface area contributed by atoms with Crippen LogP contribution < -0.4 is 0 Å². The quantitative estimate of drug-likeness (QED) is 0.706. The number of nitrogens with zero attached hydrogens (tertiary/aromatic N) is 1. The summed E-state index contributed by atoms with van der Waals surface area (Å²) in [6.45, 7) is 1.09. The third kappa shape index (κ3) is 2.33. The van der Waals surface area contributed by atoms with Gasteiger partial charge in [-0.25, -0.2) is 0 Å². The molecular formula is C11H11NO2S. The highest BCUT2D eigenvalue weighted by atomic mass is 32.1. The molecule has 0 N–H and O–H groups in total. The number of benzene rings is 1. The van der Waals surface area contributed by atoms with Crippen LogP contribution in [0, 0.1) is 0 Å². The number of amides is 1. The summed E-state index contributed by atoms with van der Waals surface area (Å²) in [5.74, 6) is 0.00343. The van der Waals surface area contributed by atoms with E-state index in [1.807, 2.05) is 30.3 Å². The minimum Gasteiger partial charge on any atom is -0.469 e. The summed E-state index contributed by atoms with van der Waals surface area (Å²) in [4.78, 5) is 13.3. The number of rotatable bonds is 2. The first-order valence-corrected chi connectivity index (χ1v) is 5.19. The Morgan fingerprint density at radius 2 is 2.13 bits per heavy atom. The second-order valence-electron chi connectivity index (χ2n) is 3.32. The van der Waals surface area contributed by atoms with Gasteiger partial charge in [0.15, 0.2) is 0 Å². The van der Waals surface area contributed by atoms with Crippen LogP contribution in [0.1, 0.15) is 5.56 Å². The van der Waals surface area contributed by atoms with Gasteiger partial charge in [0.1, 0.15) is 6.61 Å². The maximum absolute atomic E-state index is 11.8. The topological polar surface area (TPSA) is 29.5 Å². The van der Waals surface area contributed by atoms with Crippen molar-refractivity contribution >= 4 is 23.3 Å². The number of hydrogen-bond acceptors (Lipinski definition) is 3. The molecule has 2 rings (SSSR count). The first-order valence-electron chi connectivity index (χ1n) is 4.78. The first kappa shape index (κ1) is 10.1. The van der Waals surface area contributed by atoms with Gasteiger partial charge in [-0.2, -0.15) is 0 Å². The Morgan fingerprint density at radius 1 is 1.40 bits per heavy atom. The second kappa shape index (κ2) is 4.40. The zero-order chi connectivity index (χ0) is 10.7. The summed E-state index contributed by atoms with van der Waals surface area (Å²) in [6.07, 6.45) is 0.379. The number of thiocarbonyl (C=S) groups is 1. The van der Waals surface area contributed by atoms with Crippen LogP contribution in [0.2, 0.25) is 0 Å². The third-order valence-corrected chi connectivity index (χ3v) is 2.60. The predicted octanol–water partition coefficient (Wildman–Crippen LogP) is 1.37. The Morgan fingerprint density at radius 3 is 2.73 bits per heavy atom. The molecule has 1 fully saturated rings. The van der Waals surface area contributed by atoms with E-state index in [0.717, 1.165) is 5.56 Å². The molecule has 0 aliphatic carbocycles. The van der Waals surface area contributed by atoms with Crippen molar-refractivity contribution in [2.45, 2.75) is 6.42 Å².